The highest BCUT2D eigenvalue weighted by Gasteiger charge is 2.25. The molecule has 0 spiro atoms. The van der Waals surface area contributed by atoms with E-state index >= 15 is 0 Å². The molecular weight excluding hydrogens is 445 g/mol. The van der Waals surface area contributed by atoms with E-state index in [1.54, 1.807) is 0 Å². The summed E-state index contributed by atoms with van der Waals surface area (Å²) in [4.78, 5) is 0. The van der Waals surface area contributed by atoms with Crippen LogP contribution in [0.3, 0.4) is 0 Å². The standard InChI is InChI=1S/C30H36Si3/c1-31(2)27-15-7-23(8-16-27)25-11-19-29(20-12-25)33(5,6)30-21-13-26(14-22-30)24-9-17-28(18-10-24)32(3)4/h7-22,31-32H,1-6H3. The molecule has 0 N–H and O–H groups in total. The first kappa shape index (κ1) is 23.7. The van der Waals surface area contributed by atoms with Gasteiger partial charge in [0.1, 0.15) is 8.07 Å². The van der Waals surface area contributed by atoms with Crippen molar-refractivity contribution in [3.63, 3.8) is 0 Å². The summed E-state index contributed by atoms with van der Waals surface area (Å²) >= 11 is 0. The molecule has 4 aromatic carbocycles. The quantitative estimate of drug-likeness (QED) is 0.331. The van der Waals surface area contributed by atoms with E-state index in [0.717, 1.165) is 0 Å². The van der Waals surface area contributed by atoms with Crippen molar-refractivity contribution in [2.24, 2.45) is 0 Å². The van der Waals surface area contributed by atoms with E-state index < -0.39 is 25.7 Å². The van der Waals surface area contributed by atoms with Crippen LogP contribution in [-0.4, -0.2) is 25.7 Å². The molecule has 0 bridgehead atoms. The Kier molecular flexibility index (Phi) is 7.03. The monoisotopic (exact) mass is 480 g/mol. The van der Waals surface area contributed by atoms with E-state index in [-0.39, 0.29) is 0 Å². The molecule has 168 valence electrons. The zero-order chi connectivity index (χ0) is 23.6. The van der Waals surface area contributed by atoms with Crippen LogP contribution in [0.5, 0.6) is 0 Å². The lowest BCUT2D eigenvalue weighted by Crippen LogP contribution is -2.52. The molecule has 0 aliphatic rings. The minimum absolute atomic E-state index is 0.733. The fourth-order valence-electron chi connectivity index (χ4n) is 4.45. The third-order valence-corrected chi connectivity index (χ3v) is 14.0. The van der Waals surface area contributed by atoms with Crippen molar-refractivity contribution >= 4 is 46.4 Å². The molecule has 0 aromatic heterocycles. The van der Waals surface area contributed by atoms with Gasteiger partial charge in [0.25, 0.3) is 0 Å². The molecule has 0 nitrogen and oxygen atoms in total. The van der Waals surface area contributed by atoms with Gasteiger partial charge in [-0.2, -0.15) is 0 Å². The Hall–Kier alpha value is -2.47. The van der Waals surface area contributed by atoms with Gasteiger partial charge in [0.05, 0.1) is 17.6 Å². The van der Waals surface area contributed by atoms with Gasteiger partial charge in [0.2, 0.25) is 0 Å². The van der Waals surface area contributed by atoms with Crippen LogP contribution in [0.1, 0.15) is 0 Å². The van der Waals surface area contributed by atoms with E-state index in [1.807, 2.05) is 0 Å². The van der Waals surface area contributed by atoms with Crippen LogP contribution in [0.4, 0.5) is 0 Å². The van der Waals surface area contributed by atoms with E-state index in [2.05, 4.69) is 136 Å². The Morgan fingerprint density at radius 1 is 0.394 bits per heavy atom. The lowest BCUT2D eigenvalue weighted by atomic mass is 10.1. The highest BCUT2D eigenvalue weighted by Crippen LogP contribution is 2.20. The Labute approximate surface area is 204 Å². The van der Waals surface area contributed by atoms with Crippen LogP contribution in [0.2, 0.25) is 39.3 Å². The molecule has 0 atom stereocenters. The number of rotatable bonds is 6. The minimum atomic E-state index is -1.74. The summed E-state index contributed by atoms with van der Waals surface area (Å²) in [5.74, 6) is 0. The van der Waals surface area contributed by atoms with Gasteiger partial charge < -0.3 is 0 Å². The molecule has 4 aromatic rings. The lowest BCUT2D eigenvalue weighted by molar-refractivity contribution is 1.62. The minimum Gasteiger partial charge on any atom is -0.0682 e. The van der Waals surface area contributed by atoms with Crippen LogP contribution in [0.25, 0.3) is 22.3 Å². The smallest absolute Gasteiger partial charge is 0.0682 e. The van der Waals surface area contributed by atoms with Crippen molar-refractivity contribution < 1.29 is 0 Å². The summed E-state index contributed by atoms with van der Waals surface area (Å²) < 4.78 is 0. The first-order valence-electron chi connectivity index (χ1n) is 12.2. The topological polar surface area (TPSA) is 0 Å². The van der Waals surface area contributed by atoms with Gasteiger partial charge in [-0.25, -0.2) is 0 Å². The predicted octanol–water partition coefficient (Wildman–Crippen LogP) is 5.23. The maximum atomic E-state index is 2.46. The summed E-state index contributed by atoms with van der Waals surface area (Å²) in [6.07, 6.45) is 0. The van der Waals surface area contributed by atoms with Crippen molar-refractivity contribution in [3.8, 4) is 22.3 Å². The van der Waals surface area contributed by atoms with Crippen LogP contribution in [0.15, 0.2) is 97.1 Å². The summed E-state index contributed by atoms with van der Waals surface area (Å²) in [5.41, 5.74) is 5.25. The average Bonchev–Trinajstić information content (AvgIpc) is 2.84. The van der Waals surface area contributed by atoms with E-state index in [9.17, 15) is 0 Å². The normalized spacial score (nSPS) is 11.9. The van der Waals surface area contributed by atoms with Crippen LogP contribution in [-0.2, 0) is 0 Å². The molecule has 0 fully saturated rings. The van der Waals surface area contributed by atoms with Crippen molar-refractivity contribution in [3.05, 3.63) is 97.1 Å². The summed E-state index contributed by atoms with van der Waals surface area (Å²) in [6.45, 7) is 14.4. The highest BCUT2D eigenvalue weighted by molar-refractivity contribution is 7.00. The molecule has 0 aliphatic heterocycles. The van der Waals surface area contributed by atoms with Crippen molar-refractivity contribution in [1.82, 2.24) is 0 Å². The Morgan fingerprint density at radius 3 is 0.879 bits per heavy atom. The van der Waals surface area contributed by atoms with Gasteiger partial charge in [-0.1, -0.05) is 157 Å². The molecule has 0 aliphatic carbocycles. The second-order valence-electron chi connectivity index (χ2n) is 10.3. The maximum absolute atomic E-state index is 2.46. The molecule has 33 heavy (non-hydrogen) atoms. The SMILES string of the molecule is C[SiH](C)c1ccc(-c2ccc([Si](C)(C)c3ccc(-c4ccc([SiH](C)C)cc4)cc3)cc2)cc1. The van der Waals surface area contributed by atoms with Crippen molar-refractivity contribution in [2.75, 3.05) is 0 Å². The predicted molar refractivity (Wildman–Crippen MR) is 158 cm³/mol. The molecule has 3 heteroatoms. The highest BCUT2D eigenvalue weighted by atomic mass is 28.3. The van der Waals surface area contributed by atoms with E-state index in [4.69, 9.17) is 0 Å². The van der Waals surface area contributed by atoms with Gasteiger partial charge in [-0.3, -0.25) is 0 Å². The summed E-state index contributed by atoms with van der Waals surface area (Å²) in [6, 6.07) is 37.1. The van der Waals surface area contributed by atoms with Gasteiger partial charge in [-0.05, 0) is 22.3 Å². The number of hydrogen-bond acceptors (Lipinski definition) is 0. The van der Waals surface area contributed by atoms with Gasteiger partial charge >= 0.3 is 0 Å². The van der Waals surface area contributed by atoms with Crippen LogP contribution >= 0.6 is 0 Å². The van der Waals surface area contributed by atoms with Crippen LogP contribution in [0, 0.1) is 0 Å². The number of hydrogen-bond donors (Lipinski definition) is 0. The molecule has 0 saturated carbocycles. The fraction of sp³-hybridized carbons (Fsp3) is 0.200. The van der Waals surface area contributed by atoms with Crippen molar-refractivity contribution in [1.29, 1.82) is 0 Å². The molecule has 0 saturated heterocycles. The molecule has 4 rings (SSSR count). The maximum Gasteiger partial charge on any atom is 0.112 e. The third-order valence-electron chi connectivity index (χ3n) is 7.03. The summed E-state index contributed by atoms with van der Waals surface area (Å²) in [7, 11) is -3.21. The zero-order valence-electron chi connectivity index (χ0n) is 20.9. The Bertz CT molecular complexity index is 1090. The molecule has 0 heterocycles. The Morgan fingerprint density at radius 2 is 0.636 bits per heavy atom. The fourth-order valence-corrected chi connectivity index (χ4v) is 8.70. The summed E-state index contributed by atoms with van der Waals surface area (Å²) in [5, 5.41) is 6.03. The molecule has 0 radical (unpaired) electrons. The molecule has 0 amide bonds. The average molecular weight is 481 g/mol. The largest absolute Gasteiger partial charge is 0.112 e. The van der Waals surface area contributed by atoms with E-state index in [0.29, 0.717) is 0 Å². The number of benzene rings is 4. The van der Waals surface area contributed by atoms with Crippen molar-refractivity contribution in [2.45, 2.75) is 39.3 Å². The second kappa shape index (κ2) is 9.80. The Balaban J connectivity index is 1.53. The second-order valence-corrected chi connectivity index (χ2v) is 20.7. The third kappa shape index (κ3) is 5.21. The first-order valence-corrected chi connectivity index (χ1v) is 20.9. The van der Waals surface area contributed by atoms with Gasteiger partial charge in [-0.15, -0.1) is 0 Å². The van der Waals surface area contributed by atoms with Gasteiger partial charge in [0, 0.05) is 0 Å². The van der Waals surface area contributed by atoms with Crippen LogP contribution < -0.4 is 20.7 Å². The molecular formula is C30H36Si3. The lowest BCUT2D eigenvalue weighted by Gasteiger charge is -2.24. The van der Waals surface area contributed by atoms with Gasteiger partial charge in [0.15, 0.2) is 0 Å². The first-order chi connectivity index (χ1) is 15.8. The zero-order valence-corrected chi connectivity index (χ0v) is 24.2. The molecule has 0 unspecified atom stereocenters. The van der Waals surface area contributed by atoms with E-state index in [1.165, 1.54) is 43.0 Å².